The number of ether oxygens (including phenoxy) is 2. The minimum Gasteiger partial charge on any atom is -0.493 e. The Morgan fingerprint density at radius 2 is 2.18 bits per heavy atom. The predicted octanol–water partition coefficient (Wildman–Crippen LogP) is 1.41. The lowest BCUT2D eigenvalue weighted by atomic mass is 10.2. The van der Waals surface area contributed by atoms with E-state index in [1.54, 1.807) is 19.4 Å². The van der Waals surface area contributed by atoms with E-state index < -0.39 is 0 Å². The molecule has 0 amide bonds. The monoisotopic (exact) mass is 303 g/mol. The molecular weight excluding hydrogens is 286 g/mol. The second kappa shape index (κ2) is 7.21. The van der Waals surface area contributed by atoms with Crippen LogP contribution in [0.3, 0.4) is 0 Å². The molecule has 0 bridgehead atoms. The Bertz CT molecular complexity index is 712. The normalized spacial score (nSPS) is 10.9. The zero-order valence-corrected chi connectivity index (χ0v) is 12.5. The molecule has 1 heterocycles. The van der Waals surface area contributed by atoms with Crippen LogP contribution >= 0.6 is 0 Å². The van der Waals surface area contributed by atoms with E-state index >= 15 is 0 Å². The second-order valence-corrected chi connectivity index (χ2v) is 4.63. The lowest BCUT2D eigenvalue weighted by Crippen LogP contribution is -2.10. The predicted molar refractivity (Wildman–Crippen MR) is 82.6 cm³/mol. The number of hydrazone groups is 1. The third-order valence-electron chi connectivity index (χ3n) is 2.51. The Morgan fingerprint density at radius 3 is 2.86 bits per heavy atom. The molecule has 0 saturated carbocycles. The standard InChI is InChI=1S/C14H17N5O3/c1-9(2)22-11-5-4-10(6-12(11)21-3)7-15-18-14-17-13(20)8-16-19-14/h4-9H,1-3H3,(H2,17,18,19,20)/b15-7+. The molecule has 8 nitrogen and oxygen atoms in total. The molecule has 0 saturated heterocycles. The van der Waals surface area contributed by atoms with Crippen LogP contribution < -0.4 is 20.5 Å². The summed E-state index contributed by atoms with van der Waals surface area (Å²) in [4.78, 5) is 13.5. The topological polar surface area (TPSA) is 101 Å². The second-order valence-electron chi connectivity index (χ2n) is 4.63. The van der Waals surface area contributed by atoms with Crippen LogP contribution in [-0.4, -0.2) is 34.6 Å². The van der Waals surface area contributed by atoms with E-state index in [9.17, 15) is 4.79 Å². The fourth-order valence-electron chi connectivity index (χ4n) is 1.65. The van der Waals surface area contributed by atoms with Gasteiger partial charge in [-0.1, -0.05) is 0 Å². The molecule has 0 aliphatic rings. The van der Waals surface area contributed by atoms with E-state index in [0.29, 0.717) is 11.5 Å². The average Bonchev–Trinajstić information content (AvgIpc) is 2.48. The summed E-state index contributed by atoms with van der Waals surface area (Å²) in [7, 11) is 1.58. The summed E-state index contributed by atoms with van der Waals surface area (Å²) in [5.41, 5.74) is 3.03. The highest BCUT2D eigenvalue weighted by molar-refractivity contribution is 5.81. The first-order valence-corrected chi connectivity index (χ1v) is 6.64. The van der Waals surface area contributed by atoms with Gasteiger partial charge in [0.2, 0.25) is 5.95 Å². The number of hydrogen-bond acceptors (Lipinski definition) is 7. The molecule has 1 aromatic heterocycles. The quantitative estimate of drug-likeness (QED) is 0.618. The largest absolute Gasteiger partial charge is 0.493 e. The van der Waals surface area contributed by atoms with Gasteiger partial charge in [-0.15, -0.1) is 10.2 Å². The Kier molecular flexibility index (Phi) is 5.07. The summed E-state index contributed by atoms with van der Waals surface area (Å²) >= 11 is 0. The van der Waals surface area contributed by atoms with Crippen molar-refractivity contribution in [1.29, 1.82) is 0 Å². The van der Waals surface area contributed by atoms with Crippen molar-refractivity contribution in [2.24, 2.45) is 5.10 Å². The maximum Gasteiger partial charge on any atom is 0.271 e. The first-order valence-electron chi connectivity index (χ1n) is 6.64. The maximum atomic E-state index is 11.1. The van der Waals surface area contributed by atoms with E-state index in [-0.39, 0.29) is 17.6 Å². The highest BCUT2D eigenvalue weighted by Crippen LogP contribution is 2.28. The molecule has 0 aliphatic heterocycles. The van der Waals surface area contributed by atoms with Crippen LogP contribution in [0, 0.1) is 0 Å². The van der Waals surface area contributed by atoms with Gasteiger partial charge >= 0.3 is 0 Å². The minimum absolute atomic E-state index is 0.0589. The van der Waals surface area contributed by atoms with Crippen molar-refractivity contribution in [3.05, 3.63) is 40.3 Å². The van der Waals surface area contributed by atoms with Crippen molar-refractivity contribution < 1.29 is 9.47 Å². The smallest absolute Gasteiger partial charge is 0.271 e. The van der Waals surface area contributed by atoms with Gasteiger partial charge in [-0.05, 0) is 37.6 Å². The summed E-state index contributed by atoms with van der Waals surface area (Å²) in [6.45, 7) is 3.89. The number of nitrogens with one attached hydrogen (secondary N) is 2. The molecule has 8 heteroatoms. The van der Waals surface area contributed by atoms with E-state index in [1.165, 1.54) is 0 Å². The van der Waals surface area contributed by atoms with Crippen LogP contribution in [0.1, 0.15) is 19.4 Å². The van der Waals surface area contributed by atoms with Gasteiger partial charge in [0.25, 0.3) is 5.56 Å². The Labute approximate surface area is 127 Å². The van der Waals surface area contributed by atoms with Gasteiger partial charge in [0.05, 0.1) is 19.4 Å². The molecule has 0 fully saturated rings. The molecule has 2 rings (SSSR count). The Hall–Kier alpha value is -2.90. The number of aromatic amines is 1. The van der Waals surface area contributed by atoms with Crippen LogP contribution in [0.15, 0.2) is 34.3 Å². The lowest BCUT2D eigenvalue weighted by molar-refractivity contribution is 0.230. The summed E-state index contributed by atoms with van der Waals surface area (Å²) in [5, 5.41) is 11.2. The molecule has 22 heavy (non-hydrogen) atoms. The van der Waals surface area contributed by atoms with Crippen molar-refractivity contribution >= 4 is 12.2 Å². The highest BCUT2D eigenvalue weighted by atomic mass is 16.5. The van der Waals surface area contributed by atoms with Crippen LogP contribution in [0.4, 0.5) is 5.95 Å². The zero-order valence-electron chi connectivity index (χ0n) is 12.5. The molecule has 116 valence electrons. The van der Waals surface area contributed by atoms with Gasteiger partial charge in [-0.2, -0.15) is 5.10 Å². The fraction of sp³-hybridized carbons (Fsp3) is 0.286. The Morgan fingerprint density at radius 1 is 1.36 bits per heavy atom. The van der Waals surface area contributed by atoms with Crippen molar-refractivity contribution in [3.63, 3.8) is 0 Å². The number of aromatic nitrogens is 3. The molecule has 1 aromatic carbocycles. The number of rotatable bonds is 6. The fourth-order valence-corrected chi connectivity index (χ4v) is 1.65. The number of methoxy groups -OCH3 is 1. The molecule has 0 unspecified atom stereocenters. The maximum absolute atomic E-state index is 11.1. The highest BCUT2D eigenvalue weighted by Gasteiger charge is 2.06. The average molecular weight is 303 g/mol. The molecular formula is C14H17N5O3. The first kappa shape index (κ1) is 15.5. The zero-order chi connectivity index (χ0) is 15.9. The third-order valence-corrected chi connectivity index (χ3v) is 2.51. The van der Waals surface area contributed by atoms with Crippen LogP contribution in [0.5, 0.6) is 11.5 Å². The number of benzene rings is 1. The summed E-state index contributed by atoms with van der Waals surface area (Å²) < 4.78 is 10.9. The third kappa shape index (κ3) is 4.30. The summed E-state index contributed by atoms with van der Waals surface area (Å²) in [6, 6.07) is 5.44. The van der Waals surface area contributed by atoms with Gasteiger partial charge < -0.3 is 9.47 Å². The molecule has 0 radical (unpaired) electrons. The molecule has 0 spiro atoms. The van der Waals surface area contributed by atoms with Crippen LogP contribution in [0.25, 0.3) is 0 Å². The first-order chi connectivity index (χ1) is 10.6. The summed E-state index contributed by atoms with van der Waals surface area (Å²) in [5.74, 6) is 1.45. The SMILES string of the molecule is COc1cc(/C=N/Nc2nncc(=O)[nH]2)ccc1OC(C)C. The van der Waals surface area contributed by atoms with Gasteiger partial charge in [-0.3, -0.25) is 9.78 Å². The van der Waals surface area contributed by atoms with E-state index in [1.807, 2.05) is 26.0 Å². The van der Waals surface area contributed by atoms with Crippen LogP contribution in [0.2, 0.25) is 0 Å². The van der Waals surface area contributed by atoms with E-state index in [0.717, 1.165) is 11.8 Å². The van der Waals surface area contributed by atoms with Gasteiger partial charge in [0.15, 0.2) is 11.5 Å². The van der Waals surface area contributed by atoms with Crippen molar-refractivity contribution in [3.8, 4) is 11.5 Å². The molecule has 0 atom stereocenters. The number of nitrogens with zero attached hydrogens (tertiary/aromatic N) is 3. The molecule has 0 aliphatic carbocycles. The van der Waals surface area contributed by atoms with Crippen molar-refractivity contribution in [2.45, 2.75) is 20.0 Å². The molecule has 2 aromatic rings. The van der Waals surface area contributed by atoms with E-state index in [2.05, 4.69) is 25.7 Å². The van der Waals surface area contributed by atoms with Gasteiger partial charge in [0, 0.05) is 0 Å². The van der Waals surface area contributed by atoms with Crippen molar-refractivity contribution in [1.82, 2.24) is 15.2 Å². The molecule has 2 N–H and O–H groups in total. The van der Waals surface area contributed by atoms with Crippen LogP contribution in [-0.2, 0) is 0 Å². The van der Waals surface area contributed by atoms with E-state index in [4.69, 9.17) is 9.47 Å². The summed E-state index contributed by atoms with van der Waals surface area (Å²) in [6.07, 6.45) is 2.70. The van der Waals surface area contributed by atoms with Crippen molar-refractivity contribution in [2.75, 3.05) is 12.5 Å². The number of anilines is 1. The van der Waals surface area contributed by atoms with Gasteiger partial charge in [0.1, 0.15) is 6.20 Å². The number of H-pyrrole nitrogens is 1. The number of hydrogen-bond donors (Lipinski definition) is 2. The Balaban J connectivity index is 2.09. The van der Waals surface area contributed by atoms with Gasteiger partial charge in [-0.25, -0.2) is 5.43 Å². The minimum atomic E-state index is -0.357. The lowest BCUT2D eigenvalue weighted by Gasteiger charge is -2.13.